The average Bonchev–Trinajstić information content (AvgIpc) is 3.26. The highest BCUT2D eigenvalue weighted by Gasteiger charge is 2.52. The van der Waals surface area contributed by atoms with E-state index in [4.69, 9.17) is 26.2 Å². The Morgan fingerprint density at radius 1 is 1.28 bits per heavy atom. The van der Waals surface area contributed by atoms with E-state index in [9.17, 15) is 13.2 Å². The van der Waals surface area contributed by atoms with E-state index in [1.165, 1.54) is 22.5 Å². The molecule has 0 spiro atoms. The highest BCUT2D eigenvalue weighted by atomic mass is 35.5. The number of hydrogen-bond donors (Lipinski definition) is 1. The lowest BCUT2D eigenvalue weighted by molar-refractivity contribution is -0.139. The molecule has 4 rings (SSSR count). The molecule has 1 N–H and O–H groups in total. The molecule has 1 aromatic rings. The molecule has 9 heteroatoms. The minimum absolute atomic E-state index is 0.00517. The van der Waals surface area contributed by atoms with Crippen LogP contribution in [0.2, 0.25) is 5.02 Å². The van der Waals surface area contributed by atoms with Crippen molar-refractivity contribution < 1.29 is 27.8 Å². The number of carboxylic acids is 1. The van der Waals surface area contributed by atoms with Gasteiger partial charge in [-0.05, 0) is 18.2 Å². The lowest BCUT2D eigenvalue weighted by Gasteiger charge is -2.19. The molecule has 0 aliphatic carbocycles. The number of fused-ring (bicyclic) bond motifs is 5. The van der Waals surface area contributed by atoms with Gasteiger partial charge in [-0.25, -0.2) is 13.2 Å². The first-order valence-electron chi connectivity index (χ1n) is 7.84. The van der Waals surface area contributed by atoms with Crippen molar-refractivity contribution in [2.24, 2.45) is 11.8 Å². The molecule has 3 aliphatic heterocycles. The molecular weight excluding hydrogens is 370 g/mol. The van der Waals surface area contributed by atoms with E-state index in [-0.39, 0.29) is 39.7 Å². The minimum atomic E-state index is -3.68. The highest BCUT2D eigenvalue weighted by molar-refractivity contribution is 7.89. The first kappa shape index (κ1) is 16.8. The number of halogens is 1. The molecule has 1 aromatic carbocycles. The molecular formula is C16H16ClNO6S. The molecule has 3 heterocycles. The molecule has 0 aromatic heterocycles. The van der Waals surface area contributed by atoms with Crippen LogP contribution in [-0.4, -0.2) is 55.7 Å². The van der Waals surface area contributed by atoms with Gasteiger partial charge in [-0.3, -0.25) is 0 Å². The van der Waals surface area contributed by atoms with Crippen LogP contribution in [0.5, 0.6) is 5.75 Å². The van der Waals surface area contributed by atoms with Crippen LogP contribution in [0.1, 0.15) is 0 Å². The Kier molecular flexibility index (Phi) is 4.03. The van der Waals surface area contributed by atoms with Crippen LogP contribution in [0.15, 0.2) is 35.2 Å². The number of sulfonamides is 1. The third-order valence-corrected chi connectivity index (χ3v) is 7.04. The maximum atomic E-state index is 12.9. The second-order valence-electron chi connectivity index (χ2n) is 6.37. The zero-order chi connectivity index (χ0) is 17.8. The van der Waals surface area contributed by atoms with Crippen molar-refractivity contribution in [1.82, 2.24) is 4.31 Å². The van der Waals surface area contributed by atoms with E-state index >= 15 is 0 Å². The minimum Gasteiger partial charge on any atom is -0.480 e. The molecule has 0 radical (unpaired) electrons. The monoisotopic (exact) mass is 385 g/mol. The molecule has 7 nitrogen and oxygen atoms in total. The smallest absolute Gasteiger partial charge is 0.341 e. The van der Waals surface area contributed by atoms with Crippen molar-refractivity contribution in [3.05, 3.63) is 35.4 Å². The highest BCUT2D eigenvalue weighted by Crippen LogP contribution is 2.45. The van der Waals surface area contributed by atoms with Gasteiger partial charge in [-0.1, -0.05) is 23.8 Å². The van der Waals surface area contributed by atoms with Gasteiger partial charge < -0.3 is 14.6 Å². The van der Waals surface area contributed by atoms with Crippen molar-refractivity contribution in [2.45, 2.75) is 17.1 Å². The second-order valence-corrected chi connectivity index (χ2v) is 8.72. The van der Waals surface area contributed by atoms with Crippen molar-refractivity contribution in [3.63, 3.8) is 0 Å². The van der Waals surface area contributed by atoms with Crippen LogP contribution in [0.4, 0.5) is 0 Å². The SMILES string of the molecule is O=C(O)COc1ccc(S(=O)(=O)N2CC3C4C=CC(O4)C3C2)cc1Cl. The molecule has 4 atom stereocenters. The Hall–Kier alpha value is -1.61. The summed E-state index contributed by atoms with van der Waals surface area (Å²) in [5.41, 5.74) is 0. The van der Waals surface area contributed by atoms with Crippen LogP contribution in [0, 0.1) is 11.8 Å². The number of carbonyl (C=O) groups is 1. The Bertz CT molecular complexity index is 834. The van der Waals surface area contributed by atoms with Crippen LogP contribution >= 0.6 is 11.6 Å². The van der Waals surface area contributed by atoms with E-state index in [0.29, 0.717) is 13.1 Å². The summed E-state index contributed by atoms with van der Waals surface area (Å²) >= 11 is 6.05. The first-order chi connectivity index (χ1) is 11.9. The molecule has 0 amide bonds. The summed E-state index contributed by atoms with van der Waals surface area (Å²) in [6.45, 7) is 0.303. The summed E-state index contributed by atoms with van der Waals surface area (Å²) in [6, 6.07) is 4.06. The zero-order valence-corrected chi connectivity index (χ0v) is 14.6. The van der Waals surface area contributed by atoms with Crippen molar-refractivity contribution in [1.29, 1.82) is 0 Å². The predicted molar refractivity (Wildman–Crippen MR) is 88.1 cm³/mol. The van der Waals surface area contributed by atoms with E-state index in [1.54, 1.807) is 0 Å². The fourth-order valence-corrected chi connectivity index (χ4v) is 5.57. The third-order valence-electron chi connectivity index (χ3n) is 4.92. The lowest BCUT2D eigenvalue weighted by Crippen LogP contribution is -2.31. The molecule has 3 aliphatic rings. The fraction of sp³-hybridized carbons (Fsp3) is 0.438. The van der Waals surface area contributed by atoms with Gasteiger partial charge in [-0.15, -0.1) is 0 Å². The molecule has 4 unspecified atom stereocenters. The maximum Gasteiger partial charge on any atom is 0.341 e. The van der Waals surface area contributed by atoms with Crippen LogP contribution in [0.25, 0.3) is 0 Å². The number of benzene rings is 1. The standard InChI is InChI=1S/C16H16ClNO6S/c17-12-5-9(1-2-15(12)23-8-16(19)20)25(21,22)18-6-10-11(7-18)14-4-3-13(10)24-14/h1-5,10-11,13-14H,6-8H2,(H,19,20). The van der Waals surface area contributed by atoms with Gasteiger partial charge in [0.25, 0.3) is 0 Å². The Morgan fingerprint density at radius 3 is 2.48 bits per heavy atom. The topological polar surface area (TPSA) is 93.1 Å². The molecule has 0 saturated carbocycles. The van der Waals surface area contributed by atoms with E-state index in [0.717, 1.165) is 0 Å². The lowest BCUT2D eigenvalue weighted by atomic mass is 9.86. The van der Waals surface area contributed by atoms with Gasteiger partial charge in [0.15, 0.2) is 6.61 Å². The van der Waals surface area contributed by atoms with Gasteiger partial charge in [0.05, 0.1) is 22.1 Å². The first-order valence-corrected chi connectivity index (χ1v) is 9.66. The molecule has 134 valence electrons. The number of hydrogen-bond acceptors (Lipinski definition) is 5. The van der Waals surface area contributed by atoms with Crippen LogP contribution in [-0.2, 0) is 19.6 Å². The fourth-order valence-electron chi connectivity index (χ4n) is 3.73. The number of nitrogens with zero attached hydrogens (tertiary/aromatic N) is 1. The summed E-state index contributed by atoms with van der Waals surface area (Å²) in [7, 11) is -3.68. The maximum absolute atomic E-state index is 12.9. The van der Waals surface area contributed by atoms with Crippen LogP contribution in [0.3, 0.4) is 0 Å². The van der Waals surface area contributed by atoms with E-state index < -0.39 is 22.6 Å². The molecule has 2 bridgehead atoms. The van der Waals surface area contributed by atoms with Crippen molar-refractivity contribution in [2.75, 3.05) is 19.7 Å². The number of aliphatic carboxylic acids is 1. The van der Waals surface area contributed by atoms with E-state index in [1.807, 2.05) is 12.2 Å². The molecule has 25 heavy (non-hydrogen) atoms. The Labute approximate surface area is 149 Å². The van der Waals surface area contributed by atoms with Crippen molar-refractivity contribution in [3.8, 4) is 5.75 Å². The third kappa shape index (κ3) is 2.83. The summed E-state index contributed by atoms with van der Waals surface area (Å²) in [6.07, 6.45) is 4.03. The quantitative estimate of drug-likeness (QED) is 0.770. The Morgan fingerprint density at radius 2 is 1.92 bits per heavy atom. The Balaban J connectivity index is 1.53. The van der Waals surface area contributed by atoms with Gasteiger partial charge in [-0.2, -0.15) is 4.31 Å². The van der Waals surface area contributed by atoms with Gasteiger partial charge in [0.1, 0.15) is 5.75 Å². The summed E-state index contributed by atoms with van der Waals surface area (Å²) < 4.78 is 38.1. The molecule has 2 fully saturated rings. The summed E-state index contributed by atoms with van der Waals surface area (Å²) in [5.74, 6) is -0.615. The van der Waals surface area contributed by atoms with Crippen LogP contribution < -0.4 is 4.74 Å². The number of rotatable bonds is 5. The zero-order valence-electron chi connectivity index (χ0n) is 13.0. The van der Waals surface area contributed by atoms with Gasteiger partial charge in [0, 0.05) is 24.9 Å². The predicted octanol–water partition coefficient (Wildman–Crippen LogP) is 1.38. The second kappa shape index (κ2) is 5.98. The molecule has 2 saturated heterocycles. The van der Waals surface area contributed by atoms with Gasteiger partial charge >= 0.3 is 5.97 Å². The van der Waals surface area contributed by atoms with Gasteiger partial charge in [0.2, 0.25) is 10.0 Å². The number of ether oxygens (including phenoxy) is 2. The summed E-state index contributed by atoms with van der Waals surface area (Å²) in [4.78, 5) is 10.6. The largest absolute Gasteiger partial charge is 0.480 e. The summed E-state index contributed by atoms with van der Waals surface area (Å²) in [5, 5.41) is 8.70. The average molecular weight is 386 g/mol. The van der Waals surface area contributed by atoms with Crippen molar-refractivity contribution >= 4 is 27.6 Å². The van der Waals surface area contributed by atoms with E-state index in [2.05, 4.69) is 0 Å². The number of carboxylic acid groups (broad SMARTS) is 1. The normalized spacial score (nSPS) is 30.6.